The lowest BCUT2D eigenvalue weighted by Crippen LogP contribution is -2.12. The van der Waals surface area contributed by atoms with Gasteiger partial charge in [0, 0.05) is 18.8 Å². The van der Waals surface area contributed by atoms with Crippen LogP contribution >= 0.6 is 11.8 Å². The van der Waals surface area contributed by atoms with Crippen molar-refractivity contribution in [1.82, 2.24) is 9.97 Å². The molecule has 0 radical (unpaired) electrons. The third kappa shape index (κ3) is 4.02. The predicted octanol–water partition coefficient (Wildman–Crippen LogP) is 1.98. The van der Waals surface area contributed by atoms with Crippen molar-refractivity contribution in [3.05, 3.63) is 16.4 Å². The van der Waals surface area contributed by atoms with Gasteiger partial charge in [-0.1, -0.05) is 6.92 Å². The molecule has 0 aliphatic heterocycles. The molecule has 0 amide bonds. The maximum absolute atomic E-state index is 11.1. The van der Waals surface area contributed by atoms with E-state index in [1.54, 1.807) is 11.8 Å². The van der Waals surface area contributed by atoms with Crippen LogP contribution in [-0.2, 0) is 0 Å². The SMILES string of the molecule is CCCNc1ncnc(NCCSC)c1[N+](=O)[O-]. The molecular formula is C10H17N5O2S. The maximum atomic E-state index is 11.1. The van der Waals surface area contributed by atoms with Gasteiger partial charge in [-0.3, -0.25) is 10.1 Å². The van der Waals surface area contributed by atoms with Crippen molar-refractivity contribution in [3.63, 3.8) is 0 Å². The average molecular weight is 271 g/mol. The smallest absolute Gasteiger partial charge is 0.353 e. The molecule has 0 spiro atoms. The maximum Gasteiger partial charge on any atom is 0.353 e. The number of nitrogens with zero attached hydrogens (tertiary/aromatic N) is 3. The van der Waals surface area contributed by atoms with Gasteiger partial charge in [0.1, 0.15) is 6.33 Å². The Bertz CT molecular complexity index is 402. The van der Waals surface area contributed by atoms with Gasteiger partial charge in [0.25, 0.3) is 0 Å². The molecule has 0 saturated heterocycles. The van der Waals surface area contributed by atoms with Gasteiger partial charge < -0.3 is 10.6 Å². The fourth-order valence-electron chi connectivity index (χ4n) is 1.33. The molecule has 0 aliphatic carbocycles. The van der Waals surface area contributed by atoms with Crippen LogP contribution in [0, 0.1) is 10.1 Å². The lowest BCUT2D eigenvalue weighted by Gasteiger charge is -2.08. The third-order valence-corrected chi connectivity index (χ3v) is 2.76. The first-order valence-electron chi connectivity index (χ1n) is 5.66. The predicted molar refractivity (Wildman–Crippen MR) is 74.3 cm³/mol. The zero-order chi connectivity index (χ0) is 13.4. The van der Waals surface area contributed by atoms with E-state index in [1.165, 1.54) is 6.33 Å². The van der Waals surface area contributed by atoms with Crippen LogP contribution in [0.25, 0.3) is 0 Å². The minimum Gasteiger partial charge on any atom is -0.364 e. The van der Waals surface area contributed by atoms with Crippen molar-refractivity contribution in [1.29, 1.82) is 0 Å². The Kier molecular flexibility index (Phi) is 6.20. The highest BCUT2D eigenvalue weighted by Crippen LogP contribution is 2.28. The largest absolute Gasteiger partial charge is 0.364 e. The van der Waals surface area contributed by atoms with E-state index >= 15 is 0 Å². The van der Waals surface area contributed by atoms with Gasteiger partial charge in [0.2, 0.25) is 11.6 Å². The van der Waals surface area contributed by atoms with E-state index in [9.17, 15) is 10.1 Å². The molecule has 1 aromatic heterocycles. The molecule has 0 fully saturated rings. The van der Waals surface area contributed by atoms with Crippen LogP contribution in [0.3, 0.4) is 0 Å². The number of hydrogen-bond donors (Lipinski definition) is 2. The van der Waals surface area contributed by atoms with Crippen molar-refractivity contribution < 1.29 is 4.92 Å². The molecule has 0 unspecified atom stereocenters. The van der Waals surface area contributed by atoms with Crippen molar-refractivity contribution in [2.75, 3.05) is 35.7 Å². The van der Waals surface area contributed by atoms with E-state index in [4.69, 9.17) is 0 Å². The van der Waals surface area contributed by atoms with Crippen LogP contribution in [0.5, 0.6) is 0 Å². The summed E-state index contributed by atoms with van der Waals surface area (Å²) < 4.78 is 0. The molecule has 0 saturated carbocycles. The molecular weight excluding hydrogens is 254 g/mol. The molecule has 1 aromatic rings. The van der Waals surface area contributed by atoms with Crippen molar-refractivity contribution in [2.45, 2.75) is 13.3 Å². The van der Waals surface area contributed by atoms with E-state index in [1.807, 2.05) is 13.2 Å². The van der Waals surface area contributed by atoms with Crippen LogP contribution in [0.15, 0.2) is 6.33 Å². The van der Waals surface area contributed by atoms with E-state index in [-0.39, 0.29) is 17.3 Å². The fraction of sp³-hybridized carbons (Fsp3) is 0.600. The number of hydrogen-bond acceptors (Lipinski definition) is 7. The molecule has 2 N–H and O–H groups in total. The molecule has 100 valence electrons. The summed E-state index contributed by atoms with van der Waals surface area (Å²) in [5.41, 5.74) is -0.0907. The van der Waals surface area contributed by atoms with Crippen LogP contribution in [0.2, 0.25) is 0 Å². The molecule has 1 rings (SSSR count). The number of nitro groups is 1. The Hall–Kier alpha value is -1.57. The number of anilines is 2. The fourth-order valence-corrected chi connectivity index (χ4v) is 1.63. The lowest BCUT2D eigenvalue weighted by atomic mass is 10.4. The van der Waals surface area contributed by atoms with Gasteiger partial charge in [-0.2, -0.15) is 11.8 Å². The number of nitrogens with one attached hydrogen (secondary N) is 2. The molecule has 8 heteroatoms. The minimum atomic E-state index is -0.459. The summed E-state index contributed by atoms with van der Waals surface area (Å²) in [6.07, 6.45) is 4.17. The second-order valence-corrected chi connectivity index (χ2v) is 4.51. The highest BCUT2D eigenvalue weighted by molar-refractivity contribution is 7.98. The summed E-state index contributed by atoms with van der Waals surface area (Å²) in [6, 6.07) is 0. The van der Waals surface area contributed by atoms with Crippen molar-refractivity contribution in [2.24, 2.45) is 0 Å². The van der Waals surface area contributed by atoms with Crippen molar-refractivity contribution in [3.8, 4) is 0 Å². The second-order valence-electron chi connectivity index (χ2n) is 3.52. The molecule has 0 aliphatic rings. The molecule has 18 heavy (non-hydrogen) atoms. The molecule has 1 heterocycles. The Morgan fingerprint density at radius 1 is 1.33 bits per heavy atom. The Balaban J connectivity index is 2.90. The first-order valence-corrected chi connectivity index (χ1v) is 7.06. The highest BCUT2D eigenvalue weighted by atomic mass is 32.2. The summed E-state index contributed by atoms with van der Waals surface area (Å²) in [7, 11) is 0. The average Bonchev–Trinajstić information content (AvgIpc) is 2.36. The van der Waals surface area contributed by atoms with E-state index in [0.717, 1.165) is 12.2 Å². The van der Waals surface area contributed by atoms with Gasteiger partial charge in [-0.25, -0.2) is 9.97 Å². The molecule has 0 atom stereocenters. The van der Waals surface area contributed by atoms with Crippen LogP contribution in [0.1, 0.15) is 13.3 Å². The van der Waals surface area contributed by atoms with E-state index < -0.39 is 4.92 Å². The highest BCUT2D eigenvalue weighted by Gasteiger charge is 2.22. The van der Waals surface area contributed by atoms with Crippen LogP contribution in [-0.4, -0.2) is 40.0 Å². The number of thioether (sulfide) groups is 1. The Morgan fingerprint density at radius 2 is 1.94 bits per heavy atom. The summed E-state index contributed by atoms with van der Waals surface area (Å²) >= 11 is 1.66. The summed E-state index contributed by atoms with van der Waals surface area (Å²) in [4.78, 5) is 18.5. The van der Waals surface area contributed by atoms with E-state index in [2.05, 4.69) is 20.6 Å². The van der Waals surface area contributed by atoms with Crippen molar-refractivity contribution >= 4 is 29.1 Å². The Morgan fingerprint density at radius 3 is 2.44 bits per heavy atom. The number of rotatable bonds is 8. The van der Waals surface area contributed by atoms with Gasteiger partial charge in [-0.15, -0.1) is 0 Å². The van der Waals surface area contributed by atoms with Gasteiger partial charge >= 0.3 is 5.69 Å². The summed E-state index contributed by atoms with van der Waals surface area (Å²) in [5.74, 6) is 1.39. The van der Waals surface area contributed by atoms with Gasteiger partial charge in [0.15, 0.2) is 0 Å². The van der Waals surface area contributed by atoms with E-state index in [0.29, 0.717) is 13.1 Å². The zero-order valence-electron chi connectivity index (χ0n) is 10.5. The topological polar surface area (TPSA) is 93.0 Å². The summed E-state index contributed by atoms with van der Waals surface area (Å²) in [6.45, 7) is 3.26. The Labute approximate surface area is 110 Å². The third-order valence-electron chi connectivity index (χ3n) is 2.15. The van der Waals surface area contributed by atoms with Gasteiger partial charge in [0.05, 0.1) is 4.92 Å². The minimum absolute atomic E-state index is 0.0907. The summed E-state index contributed by atoms with van der Waals surface area (Å²) in [5, 5.41) is 17.0. The lowest BCUT2D eigenvalue weighted by molar-refractivity contribution is -0.383. The quantitative estimate of drug-likeness (QED) is 0.424. The second kappa shape index (κ2) is 7.70. The molecule has 0 aromatic carbocycles. The molecule has 7 nitrogen and oxygen atoms in total. The van der Waals surface area contributed by atoms with Crippen LogP contribution in [0.4, 0.5) is 17.3 Å². The number of aromatic nitrogens is 2. The van der Waals surface area contributed by atoms with Crippen LogP contribution < -0.4 is 10.6 Å². The first kappa shape index (κ1) is 14.5. The zero-order valence-corrected chi connectivity index (χ0v) is 11.3. The first-order chi connectivity index (χ1) is 8.70. The monoisotopic (exact) mass is 271 g/mol. The standard InChI is InChI=1S/C10H17N5O2S/c1-3-4-11-9-8(15(16)17)10(14-7-13-9)12-5-6-18-2/h7H,3-6H2,1-2H3,(H2,11,12,13,14). The van der Waals surface area contributed by atoms with Gasteiger partial charge in [-0.05, 0) is 12.7 Å². The molecule has 0 bridgehead atoms. The normalized spacial score (nSPS) is 10.1.